The molecule has 130 valence electrons. The minimum atomic E-state index is -0.699. The van der Waals surface area contributed by atoms with Gasteiger partial charge >= 0.3 is 0 Å². The van der Waals surface area contributed by atoms with Crippen LogP contribution in [0.2, 0.25) is 5.02 Å². The summed E-state index contributed by atoms with van der Waals surface area (Å²) in [6.07, 6.45) is -0.699. The Morgan fingerprint density at radius 2 is 2.04 bits per heavy atom. The van der Waals surface area contributed by atoms with Crippen molar-refractivity contribution in [3.05, 3.63) is 53.6 Å². The van der Waals surface area contributed by atoms with Crippen molar-refractivity contribution in [1.82, 2.24) is 20.2 Å². The minimum absolute atomic E-state index is 0.257. The van der Waals surface area contributed by atoms with Gasteiger partial charge in [-0.3, -0.25) is 0 Å². The molecule has 1 unspecified atom stereocenters. The highest BCUT2D eigenvalue weighted by atomic mass is 35.5. The van der Waals surface area contributed by atoms with Crippen LogP contribution in [0, 0.1) is 0 Å². The fourth-order valence-electron chi connectivity index (χ4n) is 2.43. The number of tetrazole rings is 1. The molecule has 0 fully saturated rings. The number of hydrogen-bond donors (Lipinski definition) is 2. The zero-order valence-electron chi connectivity index (χ0n) is 13.6. The maximum atomic E-state index is 10.3. The van der Waals surface area contributed by atoms with Gasteiger partial charge in [-0.2, -0.15) is 0 Å². The molecule has 0 saturated heterocycles. The van der Waals surface area contributed by atoms with Gasteiger partial charge in [-0.1, -0.05) is 41.9 Å². The molecule has 3 rings (SSSR count). The topological polar surface area (TPSA) is 85.1 Å². The zero-order valence-corrected chi connectivity index (χ0v) is 14.4. The molecule has 0 bridgehead atoms. The first kappa shape index (κ1) is 17.2. The van der Waals surface area contributed by atoms with Crippen molar-refractivity contribution in [3.8, 4) is 17.1 Å². The standard InChI is InChI=1S/C17H18ClN5O2/c1-25-16-8-7-13(18)9-15(16)19-10-14(24)11-23-17(20-21-22-23)12-5-3-2-4-6-12/h2-9,14,19,24H,10-11H2,1H3. The first-order chi connectivity index (χ1) is 12.2. The Balaban J connectivity index is 1.65. The largest absolute Gasteiger partial charge is 0.495 e. The van der Waals surface area contributed by atoms with Gasteiger partial charge in [-0.25, -0.2) is 4.68 Å². The highest BCUT2D eigenvalue weighted by Crippen LogP contribution is 2.27. The molecule has 25 heavy (non-hydrogen) atoms. The lowest BCUT2D eigenvalue weighted by Crippen LogP contribution is -2.26. The maximum Gasteiger partial charge on any atom is 0.182 e. The Kier molecular flexibility index (Phi) is 5.47. The molecule has 0 radical (unpaired) electrons. The van der Waals surface area contributed by atoms with Crippen LogP contribution < -0.4 is 10.1 Å². The van der Waals surface area contributed by atoms with E-state index < -0.39 is 6.10 Å². The van der Waals surface area contributed by atoms with E-state index in [1.165, 1.54) is 0 Å². The molecule has 8 heteroatoms. The molecule has 1 atom stereocenters. The second-order valence-corrected chi connectivity index (χ2v) is 5.87. The molecule has 1 heterocycles. The third-order valence-corrected chi connectivity index (χ3v) is 3.87. The number of hydrogen-bond acceptors (Lipinski definition) is 6. The van der Waals surface area contributed by atoms with Crippen molar-refractivity contribution in [2.75, 3.05) is 19.0 Å². The number of aromatic nitrogens is 4. The van der Waals surface area contributed by atoms with Crippen molar-refractivity contribution in [3.63, 3.8) is 0 Å². The number of aliphatic hydroxyl groups excluding tert-OH is 1. The minimum Gasteiger partial charge on any atom is -0.495 e. The summed E-state index contributed by atoms with van der Waals surface area (Å²) in [5.41, 5.74) is 1.61. The average Bonchev–Trinajstić information content (AvgIpc) is 3.09. The average molecular weight is 360 g/mol. The monoisotopic (exact) mass is 359 g/mol. The van der Waals surface area contributed by atoms with E-state index in [0.717, 1.165) is 5.56 Å². The molecular weight excluding hydrogens is 342 g/mol. The Hall–Kier alpha value is -2.64. The number of rotatable bonds is 7. The van der Waals surface area contributed by atoms with E-state index in [1.54, 1.807) is 30.0 Å². The quantitative estimate of drug-likeness (QED) is 0.674. The second-order valence-electron chi connectivity index (χ2n) is 5.43. The zero-order chi connectivity index (χ0) is 17.6. The lowest BCUT2D eigenvalue weighted by molar-refractivity contribution is 0.161. The predicted molar refractivity (Wildman–Crippen MR) is 95.8 cm³/mol. The predicted octanol–water partition coefficient (Wildman–Crippen LogP) is 2.48. The Bertz CT molecular complexity index is 825. The van der Waals surface area contributed by atoms with E-state index in [-0.39, 0.29) is 6.54 Å². The SMILES string of the molecule is COc1ccc(Cl)cc1NCC(O)Cn1nnnc1-c1ccccc1. The third-order valence-electron chi connectivity index (χ3n) is 3.64. The summed E-state index contributed by atoms with van der Waals surface area (Å²) in [7, 11) is 1.58. The second kappa shape index (κ2) is 7.96. The van der Waals surface area contributed by atoms with Crippen LogP contribution in [0.25, 0.3) is 11.4 Å². The molecule has 0 saturated carbocycles. The number of aliphatic hydroxyl groups is 1. The van der Waals surface area contributed by atoms with Crippen LogP contribution in [-0.4, -0.2) is 45.1 Å². The number of halogens is 1. The highest BCUT2D eigenvalue weighted by molar-refractivity contribution is 6.30. The number of nitrogens with one attached hydrogen (secondary N) is 1. The Labute approximate surface area is 150 Å². The van der Waals surface area contributed by atoms with Gasteiger partial charge in [0.15, 0.2) is 5.82 Å². The van der Waals surface area contributed by atoms with Crippen molar-refractivity contribution >= 4 is 17.3 Å². The molecule has 3 aromatic rings. The van der Waals surface area contributed by atoms with Gasteiger partial charge in [0.05, 0.1) is 25.4 Å². The van der Waals surface area contributed by atoms with E-state index in [1.807, 2.05) is 30.3 Å². The summed E-state index contributed by atoms with van der Waals surface area (Å²) in [6, 6.07) is 14.9. The van der Waals surface area contributed by atoms with Crippen molar-refractivity contribution in [2.24, 2.45) is 0 Å². The van der Waals surface area contributed by atoms with Crippen LogP contribution in [0.4, 0.5) is 5.69 Å². The summed E-state index contributed by atoms with van der Waals surface area (Å²) < 4.78 is 6.86. The van der Waals surface area contributed by atoms with Crippen LogP contribution in [0.3, 0.4) is 0 Å². The lowest BCUT2D eigenvalue weighted by Gasteiger charge is -2.15. The van der Waals surface area contributed by atoms with Crippen molar-refractivity contribution in [1.29, 1.82) is 0 Å². The summed E-state index contributed by atoms with van der Waals surface area (Å²) in [4.78, 5) is 0. The molecule has 1 aromatic heterocycles. The first-order valence-electron chi connectivity index (χ1n) is 7.74. The van der Waals surface area contributed by atoms with Gasteiger partial charge in [0.25, 0.3) is 0 Å². The summed E-state index contributed by atoms with van der Waals surface area (Å²) >= 11 is 6.00. The normalized spacial score (nSPS) is 12.0. The van der Waals surface area contributed by atoms with Crippen LogP contribution in [0.15, 0.2) is 48.5 Å². The van der Waals surface area contributed by atoms with Crippen LogP contribution in [-0.2, 0) is 6.54 Å². The van der Waals surface area contributed by atoms with E-state index in [4.69, 9.17) is 16.3 Å². The van der Waals surface area contributed by atoms with Gasteiger partial charge in [-0.15, -0.1) is 5.10 Å². The van der Waals surface area contributed by atoms with E-state index in [9.17, 15) is 5.11 Å². The number of nitrogens with zero attached hydrogens (tertiary/aromatic N) is 4. The summed E-state index contributed by atoms with van der Waals surface area (Å²) in [5, 5.41) is 25.7. The number of ether oxygens (including phenoxy) is 1. The molecule has 0 aliphatic rings. The van der Waals surface area contributed by atoms with E-state index in [2.05, 4.69) is 20.8 Å². The third kappa shape index (κ3) is 4.26. The first-order valence-corrected chi connectivity index (χ1v) is 8.12. The van der Waals surface area contributed by atoms with E-state index >= 15 is 0 Å². The smallest absolute Gasteiger partial charge is 0.182 e. The Morgan fingerprint density at radius 3 is 2.80 bits per heavy atom. The fourth-order valence-corrected chi connectivity index (χ4v) is 2.60. The number of anilines is 1. The van der Waals surface area contributed by atoms with Crippen LogP contribution in [0.1, 0.15) is 0 Å². The van der Waals surface area contributed by atoms with Crippen LogP contribution in [0.5, 0.6) is 5.75 Å². The number of benzene rings is 2. The molecule has 0 aliphatic carbocycles. The summed E-state index contributed by atoms with van der Waals surface area (Å²) in [5.74, 6) is 1.27. The van der Waals surface area contributed by atoms with Gasteiger partial charge in [0, 0.05) is 17.1 Å². The molecule has 0 aliphatic heterocycles. The molecule has 0 spiro atoms. The molecule has 7 nitrogen and oxygen atoms in total. The molecule has 2 aromatic carbocycles. The Morgan fingerprint density at radius 1 is 1.24 bits per heavy atom. The highest BCUT2D eigenvalue weighted by Gasteiger charge is 2.13. The van der Waals surface area contributed by atoms with Crippen molar-refractivity contribution in [2.45, 2.75) is 12.6 Å². The molecule has 2 N–H and O–H groups in total. The summed E-state index contributed by atoms with van der Waals surface area (Å²) in [6.45, 7) is 0.553. The fraction of sp³-hybridized carbons (Fsp3) is 0.235. The molecular formula is C17H18ClN5O2. The van der Waals surface area contributed by atoms with Crippen LogP contribution >= 0.6 is 11.6 Å². The lowest BCUT2D eigenvalue weighted by atomic mass is 10.2. The van der Waals surface area contributed by atoms with E-state index in [0.29, 0.717) is 28.8 Å². The van der Waals surface area contributed by atoms with Crippen molar-refractivity contribution < 1.29 is 9.84 Å². The molecule has 0 amide bonds. The van der Waals surface area contributed by atoms with Gasteiger partial charge in [0.1, 0.15) is 5.75 Å². The van der Waals surface area contributed by atoms with Gasteiger partial charge in [0.2, 0.25) is 0 Å². The maximum absolute atomic E-state index is 10.3. The number of methoxy groups -OCH3 is 1. The van der Waals surface area contributed by atoms with Gasteiger partial charge < -0.3 is 15.2 Å². The van der Waals surface area contributed by atoms with Gasteiger partial charge in [-0.05, 0) is 28.6 Å².